The van der Waals surface area contributed by atoms with Crippen LogP contribution in [0.2, 0.25) is 5.02 Å². The number of hydrogen-bond donors (Lipinski definition) is 0. The second kappa shape index (κ2) is 11.0. The minimum Gasteiger partial charge on any atom is -0.369 e. The molecule has 0 saturated carbocycles. The number of amides is 1. The average Bonchev–Trinajstić information content (AvgIpc) is 3.42. The predicted octanol–water partition coefficient (Wildman–Crippen LogP) is 3.69. The number of piperazine rings is 1. The van der Waals surface area contributed by atoms with E-state index in [4.69, 9.17) is 25.8 Å². The lowest BCUT2D eigenvalue weighted by Crippen LogP contribution is -2.48. The van der Waals surface area contributed by atoms with Crippen molar-refractivity contribution in [1.29, 1.82) is 0 Å². The molecule has 0 N–H and O–H groups in total. The van der Waals surface area contributed by atoms with Gasteiger partial charge in [0.05, 0.1) is 32.7 Å². The Balaban J connectivity index is 1.16. The van der Waals surface area contributed by atoms with Gasteiger partial charge in [-0.3, -0.25) is 4.79 Å². The number of ether oxygens (including phenoxy) is 3. The zero-order valence-corrected chi connectivity index (χ0v) is 21.1. The monoisotopic (exact) mass is 510 g/mol. The number of rotatable bonds is 7. The molecule has 3 heterocycles. The topological polar surface area (TPSA) is 69.1 Å². The van der Waals surface area contributed by atoms with Crippen molar-refractivity contribution in [3.05, 3.63) is 83.4 Å². The van der Waals surface area contributed by atoms with Gasteiger partial charge in [-0.25, -0.2) is 4.98 Å². The van der Waals surface area contributed by atoms with Crippen LogP contribution in [-0.4, -0.2) is 65.9 Å². The van der Waals surface area contributed by atoms with Crippen LogP contribution in [0.5, 0.6) is 0 Å². The van der Waals surface area contributed by atoms with Crippen LogP contribution in [0.15, 0.2) is 67.3 Å². The molecule has 8 nitrogen and oxygen atoms in total. The molecule has 36 heavy (non-hydrogen) atoms. The Hall–Kier alpha value is -2.91. The van der Waals surface area contributed by atoms with Gasteiger partial charge < -0.3 is 28.6 Å². The highest BCUT2D eigenvalue weighted by molar-refractivity contribution is 6.31. The fourth-order valence-electron chi connectivity index (χ4n) is 4.66. The van der Waals surface area contributed by atoms with E-state index in [9.17, 15) is 4.79 Å². The molecule has 9 heteroatoms. The van der Waals surface area contributed by atoms with E-state index in [-0.39, 0.29) is 12.0 Å². The van der Waals surface area contributed by atoms with Crippen LogP contribution < -0.4 is 4.90 Å². The number of anilines is 1. The summed E-state index contributed by atoms with van der Waals surface area (Å²) in [7, 11) is 0. The fourth-order valence-corrected chi connectivity index (χ4v) is 4.94. The summed E-state index contributed by atoms with van der Waals surface area (Å²) in [5.41, 5.74) is 3.04. The van der Waals surface area contributed by atoms with Crippen LogP contribution in [0, 0.1) is 0 Å². The molecule has 0 radical (unpaired) electrons. The third-order valence-electron chi connectivity index (χ3n) is 6.75. The van der Waals surface area contributed by atoms with Gasteiger partial charge in [0.25, 0.3) is 0 Å². The normalized spacial score (nSPS) is 22.6. The van der Waals surface area contributed by atoms with E-state index in [1.807, 2.05) is 39.9 Å². The molecule has 2 aliphatic rings. The molecule has 0 aliphatic carbocycles. The van der Waals surface area contributed by atoms with E-state index in [0.717, 1.165) is 43.0 Å². The number of aromatic nitrogens is 2. The Bertz CT molecular complexity index is 1140. The van der Waals surface area contributed by atoms with Crippen molar-refractivity contribution in [2.45, 2.75) is 32.0 Å². The molecule has 0 atom stereocenters. The molecule has 190 valence electrons. The van der Waals surface area contributed by atoms with E-state index >= 15 is 0 Å². The molecule has 2 fully saturated rings. The smallest absolute Gasteiger partial charge is 0.219 e. The second-order valence-corrected chi connectivity index (χ2v) is 9.59. The summed E-state index contributed by atoms with van der Waals surface area (Å²) in [6.07, 6.45) is 5.15. The largest absolute Gasteiger partial charge is 0.369 e. The van der Waals surface area contributed by atoms with E-state index in [1.165, 1.54) is 0 Å². The first-order chi connectivity index (χ1) is 17.5. The second-order valence-electron chi connectivity index (χ2n) is 9.18. The van der Waals surface area contributed by atoms with Gasteiger partial charge in [-0.1, -0.05) is 41.9 Å². The summed E-state index contributed by atoms with van der Waals surface area (Å²) in [5, 5.41) is 0.597. The molecule has 1 amide bonds. The number of halogens is 1. The van der Waals surface area contributed by atoms with Crippen LogP contribution in [0.1, 0.15) is 18.1 Å². The SMILES string of the molecule is CC(=O)N1CCN(c2ccc(CO[C@H]3CO[C@@](Cn4ccnc4)(c4ccccc4Cl)OC3)cc2)CC1. The molecule has 2 aliphatic heterocycles. The number of carbonyl (C=O) groups is 1. The highest BCUT2D eigenvalue weighted by Crippen LogP contribution is 2.37. The van der Waals surface area contributed by atoms with E-state index < -0.39 is 5.79 Å². The zero-order valence-electron chi connectivity index (χ0n) is 20.4. The Morgan fingerprint density at radius 1 is 1.08 bits per heavy atom. The maximum atomic E-state index is 11.5. The van der Waals surface area contributed by atoms with Crippen molar-refractivity contribution in [1.82, 2.24) is 14.5 Å². The molecule has 0 spiro atoms. The molecular formula is C27H31ClN4O4. The Labute approximate surface area is 216 Å². The highest BCUT2D eigenvalue weighted by Gasteiger charge is 2.41. The maximum Gasteiger partial charge on any atom is 0.219 e. The minimum absolute atomic E-state index is 0.142. The van der Waals surface area contributed by atoms with Crippen LogP contribution >= 0.6 is 11.6 Å². The highest BCUT2D eigenvalue weighted by atomic mass is 35.5. The van der Waals surface area contributed by atoms with Gasteiger partial charge in [0.15, 0.2) is 0 Å². The number of imidazole rings is 1. The predicted molar refractivity (Wildman–Crippen MR) is 137 cm³/mol. The van der Waals surface area contributed by atoms with Crippen molar-refractivity contribution in [2.75, 3.05) is 44.3 Å². The van der Waals surface area contributed by atoms with Gasteiger partial charge in [0, 0.05) is 61.8 Å². The van der Waals surface area contributed by atoms with E-state index in [2.05, 4.69) is 34.1 Å². The molecular weight excluding hydrogens is 480 g/mol. The number of hydrogen-bond acceptors (Lipinski definition) is 6. The summed E-state index contributed by atoms with van der Waals surface area (Å²) >= 11 is 6.52. The van der Waals surface area contributed by atoms with Gasteiger partial charge >= 0.3 is 0 Å². The van der Waals surface area contributed by atoms with Gasteiger partial charge in [-0.15, -0.1) is 0 Å². The number of benzene rings is 2. The first-order valence-electron chi connectivity index (χ1n) is 12.2. The lowest BCUT2D eigenvalue weighted by molar-refractivity contribution is -0.313. The van der Waals surface area contributed by atoms with E-state index in [1.54, 1.807) is 19.4 Å². The quantitative estimate of drug-likeness (QED) is 0.483. The van der Waals surface area contributed by atoms with Gasteiger partial charge in [0.2, 0.25) is 11.7 Å². The van der Waals surface area contributed by atoms with Crippen LogP contribution in [-0.2, 0) is 37.9 Å². The Morgan fingerprint density at radius 3 is 2.44 bits per heavy atom. The molecule has 0 unspecified atom stereocenters. The molecule has 1 aromatic heterocycles. The number of carbonyl (C=O) groups excluding carboxylic acids is 1. The summed E-state index contributed by atoms with van der Waals surface area (Å²) in [4.78, 5) is 19.9. The summed E-state index contributed by atoms with van der Waals surface area (Å²) in [6, 6.07) is 16.0. The lowest BCUT2D eigenvalue weighted by Gasteiger charge is -2.40. The average molecular weight is 511 g/mol. The minimum atomic E-state index is -1.01. The summed E-state index contributed by atoms with van der Waals surface area (Å²) < 4.78 is 20.7. The van der Waals surface area contributed by atoms with Crippen molar-refractivity contribution in [3.63, 3.8) is 0 Å². The molecule has 2 aromatic carbocycles. The molecule has 2 saturated heterocycles. The van der Waals surface area contributed by atoms with Gasteiger partial charge in [-0.2, -0.15) is 0 Å². The van der Waals surface area contributed by atoms with E-state index in [0.29, 0.717) is 31.4 Å². The van der Waals surface area contributed by atoms with Crippen LogP contribution in [0.25, 0.3) is 0 Å². The molecule has 5 rings (SSSR count). The zero-order chi connectivity index (χ0) is 25.0. The van der Waals surface area contributed by atoms with Gasteiger partial charge in [0.1, 0.15) is 6.10 Å². The number of nitrogens with zero attached hydrogens (tertiary/aromatic N) is 4. The lowest BCUT2D eigenvalue weighted by atomic mass is 10.0. The van der Waals surface area contributed by atoms with Crippen LogP contribution in [0.3, 0.4) is 0 Å². The first kappa shape index (κ1) is 24.8. The molecule has 0 bridgehead atoms. The van der Waals surface area contributed by atoms with Crippen LogP contribution in [0.4, 0.5) is 5.69 Å². The third-order valence-corrected chi connectivity index (χ3v) is 7.08. The first-order valence-corrected chi connectivity index (χ1v) is 12.6. The van der Waals surface area contributed by atoms with Crippen molar-refractivity contribution in [2.24, 2.45) is 0 Å². The molecule has 3 aromatic rings. The van der Waals surface area contributed by atoms with Gasteiger partial charge in [-0.05, 0) is 23.8 Å². The summed E-state index contributed by atoms with van der Waals surface area (Å²) in [6.45, 7) is 6.52. The summed E-state index contributed by atoms with van der Waals surface area (Å²) in [5.74, 6) is -0.865. The van der Waals surface area contributed by atoms with Crippen molar-refractivity contribution in [3.8, 4) is 0 Å². The standard InChI is InChI=1S/C27H31ClN4O4/c1-21(33)31-12-14-32(15-13-31)23-8-6-22(7-9-23)16-34-24-17-35-27(36-18-24,19-30-11-10-29-20-30)25-4-2-3-5-26(25)28/h2-11,20,24H,12-19H2,1H3/t24-,27+. The fraction of sp³-hybridized carbons (Fsp3) is 0.407. The van der Waals surface area contributed by atoms with Crippen molar-refractivity contribution >= 4 is 23.2 Å². The Kier molecular flexibility index (Phi) is 7.57. The third kappa shape index (κ3) is 5.57. The van der Waals surface area contributed by atoms with Crippen molar-refractivity contribution < 1.29 is 19.0 Å². The maximum absolute atomic E-state index is 11.5. The Morgan fingerprint density at radius 2 is 1.81 bits per heavy atom.